The van der Waals surface area contributed by atoms with Crippen LogP contribution in [0.2, 0.25) is 0 Å². The SMILES string of the molecule is CCCCNc1c(NCC(=O)N[C@@H](Cc2ccccc2)C(=O)OC)c(=O)c1=O. The standard InChI is InChI=1S/C20H25N3O5/c1-3-4-10-21-16-17(19(26)18(16)25)22-12-15(24)23-14(20(27)28-2)11-13-8-6-5-7-9-13/h5-9,14,21-22H,3-4,10-12H2,1-2H3,(H,23,24)/t14-/m0/s1. The maximum atomic E-state index is 12.2. The van der Waals surface area contributed by atoms with Gasteiger partial charge in [-0.1, -0.05) is 43.7 Å². The van der Waals surface area contributed by atoms with Gasteiger partial charge in [-0.15, -0.1) is 0 Å². The Balaban J connectivity index is 1.94. The minimum atomic E-state index is -0.850. The lowest BCUT2D eigenvalue weighted by atomic mass is 10.1. The lowest BCUT2D eigenvalue weighted by Crippen LogP contribution is -2.46. The fourth-order valence-corrected chi connectivity index (χ4v) is 2.72. The first-order valence-corrected chi connectivity index (χ1v) is 9.20. The van der Waals surface area contributed by atoms with Crippen molar-refractivity contribution in [2.24, 2.45) is 0 Å². The Morgan fingerprint density at radius 1 is 1.04 bits per heavy atom. The van der Waals surface area contributed by atoms with E-state index in [9.17, 15) is 19.2 Å². The second-order valence-corrected chi connectivity index (χ2v) is 6.38. The van der Waals surface area contributed by atoms with Crippen LogP contribution < -0.4 is 26.8 Å². The Morgan fingerprint density at radius 2 is 1.68 bits per heavy atom. The number of methoxy groups -OCH3 is 1. The molecule has 8 nitrogen and oxygen atoms in total. The minimum absolute atomic E-state index is 0.105. The van der Waals surface area contributed by atoms with Crippen LogP contribution in [0.3, 0.4) is 0 Å². The highest BCUT2D eigenvalue weighted by Crippen LogP contribution is 2.14. The zero-order valence-corrected chi connectivity index (χ0v) is 16.0. The lowest BCUT2D eigenvalue weighted by molar-refractivity contribution is -0.144. The first kappa shape index (κ1) is 21.1. The summed E-state index contributed by atoms with van der Waals surface area (Å²) in [5.74, 6) is -1.05. The van der Waals surface area contributed by atoms with E-state index < -0.39 is 28.8 Å². The van der Waals surface area contributed by atoms with E-state index in [1.165, 1.54) is 7.11 Å². The van der Waals surface area contributed by atoms with E-state index >= 15 is 0 Å². The van der Waals surface area contributed by atoms with Crippen LogP contribution in [0.4, 0.5) is 11.4 Å². The molecule has 1 atom stereocenters. The van der Waals surface area contributed by atoms with E-state index in [2.05, 4.69) is 16.0 Å². The summed E-state index contributed by atoms with van der Waals surface area (Å²) in [5.41, 5.74) is -0.0545. The van der Waals surface area contributed by atoms with Gasteiger partial charge in [-0.05, 0) is 12.0 Å². The third kappa shape index (κ3) is 5.42. The molecule has 28 heavy (non-hydrogen) atoms. The van der Waals surface area contributed by atoms with E-state index in [0.29, 0.717) is 6.54 Å². The highest BCUT2D eigenvalue weighted by Gasteiger charge is 2.24. The van der Waals surface area contributed by atoms with Crippen molar-refractivity contribution < 1.29 is 14.3 Å². The number of esters is 1. The van der Waals surface area contributed by atoms with Gasteiger partial charge in [-0.25, -0.2) is 4.79 Å². The molecular formula is C20H25N3O5. The van der Waals surface area contributed by atoms with Crippen molar-refractivity contribution in [3.8, 4) is 0 Å². The molecule has 150 valence electrons. The number of unbranched alkanes of at least 4 members (excludes halogenated alkanes) is 1. The predicted molar refractivity (Wildman–Crippen MR) is 107 cm³/mol. The van der Waals surface area contributed by atoms with Gasteiger partial charge in [0.25, 0.3) is 10.9 Å². The largest absolute Gasteiger partial charge is 0.467 e. The molecule has 0 heterocycles. The number of carbonyl (C=O) groups excluding carboxylic acids is 2. The molecule has 2 rings (SSSR count). The van der Waals surface area contributed by atoms with Crippen LogP contribution in [0.15, 0.2) is 39.9 Å². The number of hydrogen-bond donors (Lipinski definition) is 3. The molecule has 0 bridgehead atoms. The van der Waals surface area contributed by atoms with Crippen molar-refractivity contribution in [2.45, 2.75) is 32.2 Å². The Morgan fingerprint density at radius 3 is 2.29 bits per heavy atom. The molecule has 0 aromatic heterocycles. The second kappa shape index (κ2) is 10.2. The molecule has 0 saturated heterocycles. The summed E-state index contributed by atoms with van der Waals surface area (Å²) in [6.45, 7) is 2.35. The molecule has 0 fully saturated rings. The quantitative estimate of drug-likeness (QED) is 0.297. The average Bonchev–Trinajstić information content (AvgIpc) is 2.71. The van der Waals surface area contributed by atoms with E-state index in [4.69, 9.17) is 4.74 Å². The van der Waals surface area contributed by atoms with Crippen molar-refractivity contribution in [3.63, 3.8) is 0 Å². The number of rotatable bonds is 11. The second-order valence-electron chi connectivity index (χ2n) is 6.38. The van der Waals surface area contributed by atoms with E-state index in [-0.39, 0.29) is 24.3 Å². The zero-order valence-electron chi connectivity index (χ0n) is 16.0. The number of hydrogen-bond acceptors (Lipinski definition) is 7. The number of benzene rings is 1. The normalized spacial score (nSPS) is 11.6. The van der Waals surface area contributed by atoms with E-state index in [1.807, 2.05) is 37.3 Å². The molecule has 0 aliphatic carbocycles. The van der Waals surface area contributed by atoms with Crippen LogP contribution >= 0.6 is 0 Å². The van der Waals surface area contributed by atoms with Crippen molar-refractivity contribution >= 4 is 23.3 Å². The lowest BCUT2D eigenvalue weighted by Gasteiger charge is -2.18. The molecule has 0 unspecified atom stereocenters. The molecule has 2 aromatic rings. The van der Waals surface area contributed by atoms with Crippen LogP contribution in [0.5, 0.6) is 0 Å². The number of amides is 1. The molecule has 0 spiro atoms. The predicted octanol–water partition coefficient (Wildman–Crippen LogP) is 0.807. The first-order chi connectivity index (χ1) is 13.5. The number of carbonyl (C=O) groups is 2. The van der Waals surface area contributed by atoms with Gasteiger partial charge in [0.2, 0.25) is 5.91 Å². The molecule has 2 aromatic carbocycles. The van der Waals surface area contributed by atoms with Gasteiger partial charge < -0.3 is 20.7 Å². The first-order valence-electron chi connectivity index (χ1n) is 9.20. The number of nitrogens with one attached hydrogen (secondary N) is 3. The highest BCUT2D eigenvalue weighted by molar-refractivity contribution is 5.88. The van der Waals surface area contributed by atoms with Gasteiger partial charge in [0.1, 0.15) is 17.4 Å². The number of ether oxygens (including phenoxy) is 1. The van der Waals surface area contributed by atoms with Gasteiger partial charge in [-0.2, -0.15) is 0 Å². The third-order valence-corrected chi connectivity index (χ3v) is 4.27. The summed E-state index contributed by atoms with van der Waals surface area (Å²) in [5, 5.41) is 8.20. The van der Waals surface area contributed by atoms with Crippen molar-refractivity contribution in [3.05, 3.63) is 56.3 Å². The molecule has 0 radical (unpaired) electrons. The van der Waals surface area contributed by atoms with Crippen LogP contribution in [-0.2, 0) is 20.7 Å². The van der Waals surface area contributed by atoms with Crippen LogP contribution in [0, 0.1) is 0 Å². The third-order valence-electron chi connectivity index (χ3n) is 4.27. The fourth-order valence-electron chi connectivity index (χ4n) is 2.72. The monoisotopic (exact) mass is 387 g/mol. The maximum absolute atomic E-state index is 12.2. The smallest absolute Gasteiger partial charge is 0.328 e. The molecule has 1 amide bonds. The Labute approximate surface area is 163 Å². The summed E-state index contributed by atoms with van der Waals surface area (Å²) in [7, 11) is 1.25. The molecule has 8 heteroatoms. The topological polar surface area (TPSA) is 114 Å². The summed E-state index contributed by atoms with van der Waals surface area (Å²) in [6.07, 6.45) is 2.09. The van der Waals surface area contributed by atoms with Crippen molar-refractivity contribution in [2.75, 3.05) is 30.8 Å². The van der Waals surface area contributed by atoms with Gasteiger partial charge in [0.05, 0.1) is 13.7 Å². The van der Waals surface area contributed by atoms with Crippen molar-refractivity contribution in [1.29, 1.82) is 0 Å². The Kier molecular flexibility index (Phi) is 7.74. The summed E-state index contributed by atoms with van der Waals surface area (Å²) in [6, 6.07) is 8.38. The van der Waals surface area contributed by atoms with Gasteiger partial charge in [0, 0.05) is 13.0 Å². The van der Waals surface area contributed by atoms with E-state index in [1.54, 1.807) is 0 Å². The molecule has 0 aliphatic heterocycles. The summed E-state index contributed by atoms with van der Waals surface area (Å²) in [4.78, 5) is 47.6. The Bertz CT molecular complexity index is 872. The average molecular weight is 387 g/mol. The van der Waals surface area contributed by atoms with Crippen LogP contribution in [0.1, 0.15) is 25.3 Å². The van der Waals surface area contributed by atoms with Gasteiger partial charge >= 0.3 is 5.97 Å². The molecule has 0 saturated carbocycles. The van der Waals surface area contributed by atoms with Gasteiger partial charge in [-0.3, -0.25) is 14.4 Å². The van der Waals surface area contributed by atoms with Crippen molar-refractivity contribution in [1.82, 2.24) is 5.32 Å². The highest BCUT2D eigenvalue weighted by atomic mass is 16.5. The van der Waals surface area contributed by atoms with E-state index in [0.717, 1.165) is 18.4 Å². The zero-order chi connectivity index (χ0) is 20.5. The fraction of sp³-hybridized carbons (Fsp3) is 0.400. The molecular weight excluding hydrogens is 362 g/mol. The van der Waals surface area contributed by atoms with Crippen LogP contribution in [-0.4, -0.2) is 38.1 Å². The number of anilines is 2. The summed E-state index contributed by atoms with van der Waals surface area (Å²) < 4.78 is 4.75. The minimum Gasteiger partial charge on any atom is -0.467 e. The summed E-state index contributed by atoms with van der Waals surface area (Å²) >= 11 is 0. The van der Waals surface area contributed by atoms with Gasteiger partial charge in [0.15, 0.2) is 0 Å². The molecule has 0 aliphatic rings. The molecule has 3 N–H and O–H groups in total. The van der Waals surface area contributed by atoms with Crippen LogP contribution in [0.25, 0.3) is 0 Å². The maximum Gasteiger partial charge on any atom is 0.328 e. The Hall–Kier alpha value is -3.16.